The Labute approximate surface area is 117 Å². The van der Waals surface area contributed by atoms with Gasteiger partial charge in [-0.1, -0.05) is 5.16 Å². The summed E-state index contributed by atoms with van der Waals surface area (Å²) >= 11 is 0. The van der Waals surface area contributed by atoms with E-state index in [2.05, 4.69) is 20.4 Å². The molecule has 0 aromatic carbocycles. The summed E-state index contributed by atoms with van der Waals surface area (Å²) in [6, 6.07) is 0. The van der Waals surface area contributed by atoms with Gasteiger partial charge in [-0.3, -0.25) is 0 Å². The quantitative estimate of drug-likeness (QED) is 0.870. The number of rotatable bonds is 5. The number of aryl methyl sites for hydroxylation is 1. The topological polar surface area (TPSA) is 78.0 Å². The molecule has 7 nitrogen and oxygen atoms in total. The molecule has 0 saturated carbocycles. The van der Waals surface area contributed by atoms with Crippen molar-refractivity contribution in [1.29, 1.82) is 0 Å². The summed E-state index contributed by atoms with van der Waals surface area (Å²) in [7, 11) is 1.90. The standard InChI is InChI=1S/C13H19N5O2/c1-18-9-15-8-11(18)13-16-12(20-17-13)4-7-19-10-2-5-14-6-3-10/h8-10,14H,2-7H2,1H3. The van der Waals surface area contributed by atoms with Crippen molar-refractivity contribution < 1.29 is 9.26 Å². The van der Waals surface area contributed by atoms with E-state index in [4.69, 9.17) is 9.26 Å². The first kappa shape index (κ1) is 13.3. The lowest BCUT2D eigenvalue weighted by molar-refractivity contribution is 0.0322. The SMILES string of the molecule is Cn1cncc1-c1noc(CCOC2CCNCC2)n1. The monoisotopic (exact) mass is 277 g/mol. The van der Waals surface area contributed by atoms with Crippen molar-refractivity contribution in [3.05, 3.63) is 18.4 Å². The molecule has 20 heavy (non-hydrogen) atoms. The van der Waals surface area contributed by atoms with Crippen LogP contribution in [0.2, 0.25) is 0 Å². The first-order valence-corrected chi connectivity index (χ1v) is 6.94. The van der Waals surface area contributed by atoms with Gasteiger partial charge in [-0.05, 0) is 25.9 Å². The van der Waals surface area contributed by atoms with Gasteiger partial charge in [0.2, 0.25) is 11.7 Å². The lowest BCUT2D eigenvalue weighted by atomic mass is 10.1. The van der Waals surface area contributed by atoms with Gasteiger partial charge in [0.15, 0.2) is 0 Å². The van der Waals surface area contributed by atoms with Crippen LogP contribution in [-0.4, -0.2) is 45.5 Å². The number of piperidine rings is 1. The molecular weight excluding hydrogens is 258 g/mol. The molecule has 1 fully saturated rings. The summed E-state index contributed by atoms with van der Waals surface area (Å²) < 4.78 is 12.9. The van der Waals surface area contributed by atoms with Crippen LogP contribution in [0.3, 0.4) is 0 Å². The van der Waals surface area contributed by atoms with Crippen molar-refractivity contribution in [1.82, 2.24) is 25.0 Å². The van der Waals surface area contributed by atoms with Gasteiger partial charge in [0, 0.05) is 7.05 Å². The van der Waals surface area contributed by atoms with Crippen LogP contribution in [0, 0.1) is 0 Å². The number of nitrogens with zero attached hydrogens (tertiary/aromatic N) is 4. The van der Waals surface area contributed by atoms with Gasteiger partial charge in [0.1, 0.15) is 5.69 Å². The van der Waals surface area contributed by atoms with Crippen LogP contribution < -0.4 is 5.32 Å². The Morgan fingerprint density at radius 1 is 1.45 bits per heavy atom. The van der Waals surface area contributed by atoms with Crippen LogP contribution in [0.1, 0.15) is 18.7 Å². The van der Waals surface area contributed by atoms with Gasteiger partial charge in [-0.2, -0.15) is 4.98 Å². The second-order valence-corrected chi connectivity index (χ2v) is 4.97. The van der Waals surface area contributed by atoms with Gasteiger partial charge < -0.3 is 19.1 Å². The van der Waals surface area contributed by atoms with E-state index in [9.17, 15) is 0 Å². The van der Waals surface area contributed by atoms with E-state index in [1.807, 2.05) is 11.6 Å². The molecule has 0 amide bonds. The van der Waals surface area contributed by atoms with Crippen molar-refractivity contribution in [2.24, 2.45) is 7.05 Å². The molecule has 0 bridgehead atoms. The van der Waals surface area contributed by atoms with E-state index in [1.165, 1.54) is 0 Å². The van der Waals surface area contributed by atoms with Crippen molar-refractivity contribution in [3.63, 3.8) is 0 Å². The molecule has 7 heteroatoms. The minimum atomic E-state index is 0.357. The molecule has 3 heterocycles. The highest BCUT2D eigenvalue weighted by Crippen LogP contribution is 2.14. The van der Waals surface area contributed by atoms with Crippen LogP contribution in [0.5, 0.6) is 0 Å². The molecule has 0 spiro atoms. The van der Waals surface area contributed by atoms with Crippen molar-refractivity contribution in [2.45, 2.75) is 25.4 Å². The number of aromatic nitrogens is 4. The molecule has 1 aliphatic rings. The zero-order chi connectivity index (χ0) is 13.8. The molecule has 2 aromatic rings. The maximum absolute atomic E-state index is 5.83. The fraction of sp³-hybridized carbons (Fsp3) is 0.615. The van der Waals surface area contributed by atoms with Gasteiger partial charge in [-0.15, -0.1) is 0 Å². The average molecular weight is 277 g/mol. The molecular formula is C13H19N5O2. The maximum atomic E-state index is 5.83. The Hall–Kier alpha value is -1.73. The second kappa shape index (κ2) is 6.15. The Bertz CT molecular complexity index is 544. The molecule has 2 aromatic heterocycles. The smallest absolute Gasteiger partial charge is 0.229 e. The van der Waals surface area contributed by atoms with Crippen molar-refractivity contribution in [3.8, 4) is 11.5 Å². The van der Waals surface area contributed by atoms with Crippen LogP contribution in [-0.2, 0) is 18.2 Å². The molecule has 0 unspecified atom stereocenters. The first-order valence-electron chi connectivity index (χ1n) is 6.94. The first-order chi connectivity index (χ1) is 9.83. The summed E-state index contributed by atoms with van der Waals surface area (Å²) in [6.07, 6.45) is 6.59. The minimum absolute atomic E-state index is 0.357. The summed E-state index contributed by atoms with van der Waals surface area (Å²) in [5.74, 6) is 1.18. The maximum Gasteiger partial charge on any atom is 0.229 e. The van der Waals surface area contributed by atoms with Crippen LogP contribution in [0.25, 0.3) is 11.5 Å². The number of hydrogen-bond donors (Lipinski definition) is 1. The normalized spacial score (nSPS) is 16.6. The highest BCUT2D eigenvalue weighted by Gasteiger charge is 2.15. The van der Waals surface area contributed by atoms with Crippen LogP contribution in [0.4, 0.5) is 0 Å². The molecule has 3 rings (SSSR count). The summed E-state index contributed by atoms with van der Waals surface area (Å²) in [5, 5.41) is 7.29. The fourth-order valence-corrected chi connectivity index (χ4v) is 2.31. The summed E-state index contributed by atoms with van der Waals surface area (Å²) in [6.45, 7) is 2.70. The number of ether oxygens (including phenoxy) is 1. The van der Waals surface area contributed by atoms with Crippen molar-refractivity contribution >= 4 is 0 Å². The average Bonchev–Trinajstić information content (AvgIpc) is 3.09. The Balaban J connectivity index is 1.51. The molecule has 1 N–H and O–H groups in total. The Morgan fingerprint density at radius 2 is 2.30 bits per heavy atom. The largest absolute Gasteiger partial charge is 0.378 e. The molecule has 1 aliphatic heterocycles. The number of nitrogens with one attached hydrogen (secondary N) is 1. The van der Waals surface area contributed by atoms with Gasteiger partial charge >= 0.3 is 0 Å². The molecule has 1 saturated heterocycles. The molecule has 108 valence electrons. The van der Waals surface area contributed by atoms with E-state index in [1.54, 1.807) is 12.5 Å². The third-order valence-electron chi connectivity index (χ3n) is 3.47. The van der Waals surface area contributed by atoms with Gasteiger partial charge in [0.05, 0.1) is 31.7 Å². The van der Waals surface area contributed by atoms with E-state index in [0.29, 0.717) is 30.8 Å². The highest BCUT2D eigenvalue weighted by molar-refractivity contribution is 5.46. The predicted molar refractivity (Wildman–Crippen MR) is 72.0 cm³/mol. The van der Waals surface area contributed by atoms with E-state index in [-0.39, 0.29) is 0 Å². The molecule has 0 radical (unpaired) electrons. The van der Waals surface area contributed by atoms with Crippen LogP contribution >= 0.6 is 0 Å². The third-order valence-corrected chi connectivity index (χ3v) is 3.47. The van der Waals surface area contributed by atoms with Gasteiger partial charge in [0.25, 0.3) is 0 Å². The van der Waals surface area contributed by atoms with E-state index >= 15 is 0 Å². The van der Waals surface area contributed by atoms with Gasteiger partial charge in [-0.25, -0.2) is 4.98 Å². The predicted octanol–water partition coefficient (Wildman–Crippen LogP) is 0.781. The number of imidazole rings is 1. The second-order valence-electron chi connectivity index (χ2n) is 4.97. The summed E-state index contributed by atoms with van der Waals surface area (Å²) in [5.41, 5.74) is 0.847. The zero-order valence-electron chi connectivity index (χ0n) is 11.6. The molecule has 0 aliphatic carbocycles. The lowest BCUT2D eigenvalue weighted by Crippen LogP contribution is -2.32. The minimum Gasteiger partial charge on any atom is -0.378 e. The van der Waals surface area contributed by atoms with Crippen LogP contribution in [0.15, 0.2) is 17.0 Å². The highest BCUT2D eigenvalue weighted by atomic mass is 16.5. The Kier molecular flexibility index (Phi) is 4.08. The number of hydrogen-bond acceptors (Lipinski definition) is 6. The van der Waals surface area contributed by atoms with E-state index < -0.39 is 0 Å². The lowest BCUT2D eigenvalue weighted by Gasteiger charge is -2.22. The Morgan fingerprint density at radius 3 is 3.05 bits per heavy atom. The molecule has 0 atom stereocenters. The summed E-state index contributed by atoms with van der Waals surface area (Å²) in [4.78, 5) is 8.41. The fourth-order valence-electron chi connectivity index (χ4n) is 2.31. The van der Waals surface area contributed by atoms with Crippen molar-refractivity contribution in [2.75, 3.05) is 19.7 Å². The zero-order valence-corrected chi connectivity index (χ0v) is 11.6. The van der Waals surface area contributed by atoms with E-state index in [0.717, 1.165) is 31.6 Å². The third kappa shape index (κ3) is 3.05.